The highest BCUT2D eigenvalue weighted by molar-refractivity contribution is 14.2. The summed E-state index contributed by atoms with van der Waals surface area (Å²) in [6.07, 6.45) is -0.439. The molecule has 1 amide bonds. The quantitative estimate of drug-likeness (QED) is 0.162. The van der Waals surface area contributed by atoms with Crippen molar-refractivity contribution in [3.05, 3.63) is 71.3 Å². The van der Waals surface area contributed by atoms with Crippen LogP contribution in [0.15, 0.2) is 54.6 Å². The summed E-state index contributed by atoms with van der Waals surface area (Å²) in [5.41, 5.74) is 2.16. The normalized spacial score (nSPS) is 18.8. The number of carbonyl (C=O) groups excluding carboxylic acids is 2. The molecule has 0 spiro atoms. The summed E-state index contributed by atoms with van der Waals surface area (Å²) in [6, 6.07) is 16.9. The van der Waals surface area contributed by atoms with Crippen LogP contribution in [0.4, 0.5) is 4.79 Å². The van der Waals surface area contributed by atoms with E-state index in [0.717, 1.165) is 16.7 Å². The van der Waals surface area contributed by atoms with E-state index in [1.54, 1.807) is 4.90 Å². The average Bonchev–Trinajstić information content (AvgIpc) is 3.06. The molecule has 1 saturated heterocycles. The van der Waals surface area contributed by atoms with Crippen molar-refractivity contribution < 1.29 is 23.8 Å². The molecule has 0 N–H and O–H groups in total. The molecule has 6 nitrogen and oxygen atoms in total. The summed E-state index contributed by atoms with van der Waals surface area (Å²) in [5.74, 6) is -0.651. The van der Waals surface area contributed by atoms with Crippen molar-refractivity contribution in [2.45, 2.75) is 53.6 Å². The van der Waals surface area contributed by atoms with E-state index >= 15 is 0 Å². The summed E-state index contributed by atoms with van der Waals surface area (Å²) in [7, 11) is 0. The minimum atomic E-state index is -0.851. The Labute approximate surface area is 216 Å². The van der Waals surface area contributed by atoms with Crippen LogP contribution in [-0.4, -0.2) is 30.9 Å². The van der Waals surface area contributed by atoms with Crippen LogP contribution in [0.25, 0.3) is 0 Å². The van der Waals surface area contributed by atoms with Crippen LogP contribution in [0.1, 0.15) is 56.3 Å². The summed E-state index contributed by atoms with van der Waals surface area (Å²) in [5, 5.41) is 0. The molecule has 0 aromatic heterocycles. The van der Waals surface area contributed by atoms with Gasteiger partial charge in [0.1, 0.15) is 12.2 Å². The second-order valence-corrected chi connectivity index (χ2v) is 13.6. The zero-order chi connectivity index (χ0) is 23.5. The van der Waals surface area contributed by atoms with E-state index in [2.05, 4.69) is 45.2 Å². The number of alkyl halides is 2. The van der Waals surface area contributed by atoms with Gasteiger partial charge in [0.05, 0.1) is 18.6 Å². The van der Waals surface area contributed by atoms with Crippen molar-refractivity contribution in [2.24, 2.45) is 0 Å². The van der Waals surface area contributed by atoms with Gasteiger partial charge in [-0.05, 0) is 89.6 Å². The first-order valence-corrected chi connectivity index (χ1v) is 12.5. The molecule has 172 valence electrons. The predicted molar refractivity (Wildman–Crippen MR) is 139 cm³/mol. The lowest BCUT2D eigenvalue weighted by Gasteiger charge is -2.30. The monoisotopic (exact) mass is 663 g/mol. The number of hydrogen-bond donors (Lipinski definition) is 0. The maximum absolute atomic E-state index is 13.0. The van der Waals surface area contributed by atoms with Crippen LogP contribution < -0.4 is 0 Å². The topological polar surface area (TPSA) is 65.1 Å². The fourth-order valence-corrected chi connectivity index (χ4v) is 4.73. The molecule has 1 unspecified atom stereocenters. The number of nitrogens with zero attached hydrogens (tertiary/aromatic N) is 1. The van der Waals surface area contributed by atoms with Gasteiger partial charge in [0.25, 0.3) is 1.74 Å². The van der Waals surface area contributed by atoms with Gasteiger partial charge in [-0.15, -0.1) is 0 Å². The van der Waals surface area contributed by atoms with Gasteiger partial charge in [-0.25, -0.2) is 4.79 Å². The number of carbonyl (C=O) groups is 2. The first kappa shape index (κ1) is 25.2. The number of esters is 1. The Morgan fingerprint density at radius 2 is 1.75 bits per heavy atom. The lowest BCUT2D eigenvalue weighted by Crippen LogP contribution is -2.40. The van der Waals surface area contributed by atoms with Crippen molar-refractivity contribution in [2.75, 3.05) is 6.61 Å². The Kier molecular flexibility index (Phi) is 8.08. The van der Waals surface area contributed by atoms with E-state index in [4.69, 9.17) is 14.2 Å². The van der Waals surface area contributed by atoms with Gasteiger partial charge in [-0.2, -0.15) is 0 Å². The lowest BCUT2D eigenvalue weighted by atomic mass is 9.97. The first-order chi connectivity index (χ1) is 15.0. The molecule has 2 aromatic rings. The van der Waals surface area contributed by atoms with Crippen LogP contribution in [0.2, 0.25) is 0 Å². The zero-order valence-electron chi connectivity index (χ0n) is 18.5. The smallest absolute Gasteiger partial charge is 0.414 e. The molecule has 3 rings (SSSR count). The number of ether oxygens (including phenoxy) is 3. The Hall–Kier alpha value is -1.40. The van der Waals surface area contributed by atoms with Gasteiger partial charge in [-0.3, -0.25) is 9.69 Å². The highest BCUT2D eigenvalue weighted by atomic mass is 127. The average molecular weight is 663 g/mol. The highest BCUT2D eigenvalue weighted by Gasteiger charge is 2.48. The van der Waals surface area contributed by atoms with Gasteiger partial charge >= 0.3 is 12.1 Å². The van der Waals surface area contributed by atoms with Crippen LogP contribution in [0, 0.1) is 0 Å². The molecule has 0 aliphatic carbocycles. The number of hydrogen-bond acceptors (Lipinski definition) is 5. The third-order valence-electron chi connectivity index (χ3n) is 4.99. The van der Waals surface area contributed by atoms with Crippen LogP contribution in [-0.2, 0) is 25.6 Å². The fourth-order valence-electron chi connectivity index (χ4n) is 3.31. The van der Waals surface area contributed by atoms with Crippen LogP contribution in [0.3, 0.4) is 0 Å². The number of amides is 1. The molecule has 8 heteroatoms. The number of halogens is 2. The second-order valence-electron chi connectivity index (χ2n) is 8.64. The van der Waals surface area contributed by atoms with Crippen LogP contribution >= 0.6 is 45.2 Å². The van der Waals surface area contributed by atoms with E-state index in [9.17, 15) is 9.59 Å². The van der Waals surface area contributed by atoms with Gasteiger partial charge in [0.2, 0.25) is 0 Å². The zero-order valence-corrected chi connectivity index (χ0v) is 22.8. The van der Waals surface area contributed by atoms with E-state index in [1.807, 2.05) is 82.3 Å². The highest BCUT2D eigenvalue weighted by Crippen LogP contribution is 2.46. The van der Waals surface area contributed by atoms with Gasteiger partial charge in [-0.1, -0.05) is 54.6 Å². The first-order valence-electron chi connectivity index (χ1n) is 10.3. The Morgan fingerprint density at radius 1 is 1.12 bits per heavy atom. The van der Waals surface area contributed by atoms with Crippen molar-refractivity contribution in [1.29, 1.82) is 0 Å². The fraction of sp³-hybridized carbons (Fsp3) is 0.417. The molecule has 1 aliphatic heterocycles. The summed E-state index contributed by atoms with van der Waals surface area (Å²) >= 11 is 4.21. The largest absolute Gasteiger partial charge is 0.460 e. The molecular weight excluding hydrogens is 636 g/mol. The van der Waals surface area contributed by atoms with Crippen molar-refractivity contribution in [3.8, 4) is 0 Å². The standard InChI is InChI=1S/C24H27I2NO5/c1-16(21(28)32-23(2,3)4)18-10-12-19(13-11-18)20-15-31-24(25,26)27(20)22(29)30-14-17-8-6-5-7-9-17/h5-13,16,20H,14-15H2,1-4H3/t16?,20-/m1/s1. The number of rotatable bonds is 5. The molecule has 1 heterocycles. The summed E-state index contributed by atoms with van der Waals surface area (Å²) in [4.78, 5) is 27.0. The minimum Gasteiger partial charge on any atom is -0.460 e. The van der Waals surface area contributed by atoms with Gasteiger partial charge in [0, 0.05) is 0 Å². The predicted octanol–water partition coefficient (Wildman–Crippen LogP) is 6.32. The van der Waals surface area contributed by atoms with Crippen LogP contribution in [0.5, 0.6) is 0 Å². The molecule has 0 bridgehead atoms. The minimum absolute atomic E-state index is 0.193. The molecule has 0 radical (unpaired) electrons. The van der Waals surface area contributed by atoms with E-state index < -0.39 is 13.4 Å². The van der Waals surface area contributed by atoms with Gasteiger partial charge in [0.15, 0.2) is 0 Å². The molecule has 1 fully saturated rings. The van der Waals surface area contributed by atoms with E-state index in [0.29, 0.717) is 6.61 Å². The third-order valence-corrected chi connectivity index (χ3v) is 6.65. The van der Waals surface area contributed by atoms with Crippen molar-refractivity contribution in [3.63, 3.8) is 0 Å². The summed E-state index contributed by atoms with van der Waals surface area (Å²) < 4.78 is 16.1. The Bertz CT molecular complexity index is 941. The molecule has 1 aliphatic rings. The maximum Gasteiger partial charge on any atom is 0.414 e. The molecule has 2 aromatic carbocycles. The third kappa shape index (κ3) is 6.34. The van der Waals surface area contributed by atoms with Crippen molar-refractivity contribution >= 4 is 57.2 Å². The second kappa shape index (κ2) is 10.3. The number of benzene rings is 2. The van der Waals surface area contributed by atoms with Crippen molar-refractivity contribution in [1.82, 2.24) is 4.90 Å². The summed E-state index contributed by atoms with van der Waals surface area (Å²) in [6.45, 7) is 7.94. The van der Waals surface area contributed by atoms with E-state index in [1.165, 1.54) is 0 Å². The molecular formula is C24H27I2NO5. The molecule has 0 saturated carbocycles. The molecule has 32 heavy (non-hydrogen) atoms. The Balaban J connectivity index is 1.72. The van der Waals surface area contributed by atoms with Gasteiger partial charge < -0.3 is 14.2 Å². The maximum atomic E-state index is 13.0. The van der Waals surface area contributed by atoms with E-state index in [-0.39, 0.29) is 24.5 Å². The lowest BCUT2D eigenvalue weighted by molar-refractivity contribution is -0.156. The SMILES string of the molecule is CC(C(=O)OC(C)(C)C)c1ccc([C@H]2COC(I)(I)N2C(=O)OCc2ccccc2)cc1. The Morgan fingerprint density at radius 3 is 2.34 bits per heavy atom. The molecule has 2 atom stereocenters.